The molecule has 0 bridgehead atoms. The summed E-state index contributed by atoms with van der Waals surface area (Å²) >= 11 is 5.37. The molecule has 0 spiro atoms. The first kappa shape index (κ1) is 12.0. The van der Waals surface area contributed by atoms with Crippen molar-refractivity contribution < 1.29 is 0 Å². The lowest BCUT2D eigenvalue weighted by Gasteiger charge is -2.14. The predicted octanol–water partition coefficient (Wildman–Crippen LogP) is 2.52. The van der Waals surface area contributed by atoms with Crippen molar-refractivity contribution in [3.05, 3.63) is 10.7 Å². The summed E-state index contributed by atoms with van der Waals surface area (Å²) < 4.78 is 0.870. The molecule has 1 heterocycles. The first-order chi connectivity index (χ1) is 7.69. The zero-order valence-corrected chi connectivity index (χ0v) is 11.5. The molecule has 1 saturated carbocycles. The van der Waals surface area contributed by atoms with E-state index in [0.29, 0.717) is 12.0 Å². The second-order valence-electron chi connectivity index (χ2n) is 3.94. The molecule has 6 heteroatoms. The molecule has 16 heavy (non-hydrogen) atoms. The Morgan fingerprint density at radius 3 is 3.06 bits per heavy atom. The topological polar surface area (TPSA) is 63.8 Å². The standard InChI is InChI=1S/C10H15BrN4S/c1-16-7-3-2-6(4-7)14-9-8(11)5-13-10(12)15-9/h5-7H,2-4H2,1H3,(H3,12,13,14,15). The van der Waals surface area contributed by atoms with Crippen LogP contribution >= 0.6 is 27.7 Å². The SMILES string of the molecule is CSC1CCC(Nc2nc(N)ncc2Br)C1. The van der Waals surface area contributed by atoms with E-state index in [2.05, 4.69) is 37.5 Å². The minimum atomic E-state index is 0.310. The third-order valence-electron chi connectivity index (χ3n) is 2.82. The van der Waals surface area contributed by atoms with Gasteiger partial charge in [0.15, 0.2) is 0 Å². The van der Waals surface area contributed by atoms with E-state index in [4.69, 9.17) is 5.73 Å². The Morgan fingerprint density at radius 2 is 2.38 bits per heavy atom. The van der Waals surface area contributed by atoms with E-state index in [1.54, 1.807) is 6.20 Å². The molecule has 0 saturated heterocycles. The van der Waals surface area contributed by atoms with E-state index in [1.807, 2.05) is 11.8 Å². The fourth-order valence-corrected chi connectivity index (χ4v) is 3.06. The number of hydrogen-bond acceptors (Lipinski definition) is 5. The van der Waals surface area contributed by atoms with Gasteiger partial charge in [-0.3, -0.25) is 0 Å². The van der Waals surface area contributed by atoms with Gasteiger partial charge >= 0.3 is 0 Å². The minimum absolute atomic E-state index is 0.310. The number of nitrogen functional groups attached to an aromatic ring is 1. The van der Waals surface area contributed by atoms with Gasteiger partial charge < -0.3 is 11.1 Å². The Labute approximate surface area is 108 Å². The van der Waals surface area contributed by atoms with Crippen LogP contribution in [0.3, 0.4) is 0 Å². The summed E-state index contributed by atoms with van der Waals surface area (Å²) in [5.74, 6) is 1.12. The van der Waals surface area contributed by atoms with Crippen molar-refractivity contribution in [2.24, 2.45) is 0 Å². The van der Waals surface area contributed by atoms with Crippen LogP contribution in [0.15, 0.2) is 10.7 Å². The summed E-state index contributed by atoms with van der Waals surface area (Å²) in [7, 11) is 0. The largest absolute Gasteiger partial charge is 0.368 e. The summed E-state index contributed by atoms with van der Waals surface area (Å²) in [5.41, 5.74) is 5.57. The van der Waals surface area contributed by atoms with E-state index in [-0.39, 0.29) is 0 Å². The van der Waals surface area contributed by atoms with Crippen LogP contribution in [0, 0.1) is 0 Å². The molecular weight excluding hydrogens is 288 g/mol. The summed E-state index contributed by atoms with van der Waals surface area (Å²) in [6.07, 6.45) is 7.52. The molecule has 0 aliphatic heterocycles. The number of nitrogens with two attached hydrogens (primary N) is 1. The lowest BCUT2D eigenvalue weighted by Crippen LogP contribution is -2.17. The maximum Gasteiger partial charge on any atom is 0.221 e. The van der Waals surface area contributed by atoms with Crippen LogP contribution < -0.4 is 11.1 Å². The first-order valence-electron chi connectivity index (χ1n) is 5.26. The number of aromatic nitrogens is 2. The predicted molar refractivity (Wildman–Crippen MR) is 72.7 cm³/mol. The van der Waals surface area contributed by atoms with Crippen LogP contribution in [0.2, 0.25) is 0 Å². The lowest BCUT2D eigenvalue weighted by atomic mass is 10.2. The van der Waals surface area contributed by atoms with Gasteiger partial charge in [-0.05, 0) is 41.4 Å². The smallest absolute Gasteiger partial charge is 0.221 e. The Kier molecular flexibility index (Phi) is 3.91. The number of hydrogen-bond donors (Lipinski definition) is 2. The van der Waals surface area contributed by atoms with Gasteiger partial charge in [0.25, 0.3) is 0 Å². The average molecular weight is 303 g/mol. The Morgan fingerprint density at radius 1 is 1.56 bits per heavy atom. The molecule has 1 fully saturated rings. The van der Waals surface area contributed by atoms with Crippen molar-refractivity contribution in [2.75, 3.05) is 17.3 Å². The van der Waals surface area contributed by atoms with Crippen molar-refractivity contribution in [1.29, 1.82) is 0 Å². The summed E-state index contributed by atoms with van der Waals surface area (Å²) in [6, 6.07) is 0.503. The summed E-state index contributed by atoms with van der Waals surface area (Å²) in [5, 5.41) is 4.20. The third kappa shape index (κ3) is 2.79. The van der Waals surface area contributed by atoms with Gasteiger partial charge in [-0.15, -0.1) is 0 Å². The fraction of sp³-hybridized carbons (Fsp3) is 0.600. The van der Waals surface area contributed by atoms with E-state index in [9.17, 15) is 0 Å². The Hall–Kier alpha value is -0.490. The number of anilines is 2. The first-order valence-corrected chi connectivity index (χ1v) is 7.34. The van der Waals surface area contributed by atoms with E-state index in [1.165, 1.54) is 19.3 Å². The van der Waals surface area contributed by atoms with Crippen LogP contribution in [0.1, 0.15) is 19.3 Å². The van der Waals surface area contributed by atoms with Gasteiger partial charge in [0.1, 0.15) is 5.82 Å². The molecule has 1 aromatic rings. The highest BCUT2D eigenvalue weighted by Gasteiger charge is 2.24. The second kappa shape index (κ2) is 5.23. The molecule has 0 radical (unpaired) electrons. The highest BCUT2D eigenvalue weighted by Crippen LogP contribution is 2.31. The Bertz CT molecular complexity index is 374. The van der Waals surface area contributed by atoms with E-state index in [0.717, 1.165) is 15.5 Å². The number of nitrogens with zero attached hydrogens (tertiary/aromatic N) is 2. The van der Waals surface area contributed by atoms with Gasteiger partial charge in [-0.25, -0.2) is 4.98 Å². The Balaban J connectivity index is 2.01. The zero-order chi connectivity index (χ0) is 11.5. The molecule has 0 amide bonds. The van der Waals surface area contributed by atoms with Crippen molar-refractivity contribution in [1.82, 2.24) is 9.97 Å². The van der Waals surface area contributed by atoms with Gasteiger partial charge in [0.05, 0.1) is 4.47 Å². The van der Waals surface area contributed by atoms with Crippen molar-refractivity contribution in [3.8, 4) is 0 Å². The lowest BCUT2D eigenvalue weighted by molar-refractivity contribution is 0.751. The van der Waals surface area contributed by atoms with Crippen LogP contribution in [-0.2, 0) is 0 Å². The summed E-state index contributed by atoms with van der Waals surface area (Å²) in [4.78, 5) is 8.11. The molecule has 1 aliphatic rings. The molecule has 1 aliphatic carbocycles. The van der Waals surface area contributed by atoms with E-state index < -0.39 is 0 Å². The summed E-state index contributed by atoms with van der Waals surface area (Å²) in [6.45, 7) is 0. The van der Waals surface area contributed by atoms with Gasteiger partial charge in [-0.1, -0.05) is 0 Å². The van der Waals surface area contributed by atoms with Crippen LogP contribution in [0.4, 0.5) is 11.8 Å². The zero-order valence-electron chi connectivity index (χ0n) is 9.11. The maximum atomic E-state index is 5.57. The number of halogens is 1. The quantitative estimate of drug-likeness (QED) is 0.898. The average Bonchev–Trinajstić information content (AvgIpc) is 2.71. The number of rotatable bonds is 3. The van der Waals surface area contributed by atoms with Gasteiger partial charge in [-0.2, -0.15) is 16.7 Å². The molecule has 3 N–H and O–H groups in total. The highest BCUT2D eigenvalue weighted by atomic mass is 79.9. The minimum Gasteiger partial charge on any atom is -0.368 e. The number of nitrogens with one attached hydrogen (secondary N) is 1. The molecule has 0 aromatic carbocycles. The molecule has 2 unspecified atom stereocenters. The number of thioether (sulfide) groups is 1. The molecule has 88 valence electrons. The van der Waals surface area contributed by atoms with Gasteiger partial charge in [0, 0.05) is 17.5 Å². The maximum absolute atomic E-state index is 5.57. The van der Waals surface area contributed by atoms with Crippen LogP contribution in [-0.4, -0.2) is 27.5 Å². The molecule has 4 nitrogen and oxygen atoms in total. The normalized spacial score (nSPS) is 24.6. The van der Waals surface area contributed by atoms with Crippen molar-refractivity contribution in [2.45, 2.75) is 30.6 Å². The van der Waals surface area contributed by atoms with E-state index >= 15 is 0 Å². The third-order valence-corrected chi connectivity index (χ3v) is 4.50. The molecule has 2 atom stereocenters. The fourth-order valence-electron chi connectivity index (χ4n) is 1.96. The van der Waals surface area contributed by atoms with Crippen LogP contribution in [0.25, 0.3) is 0 Å². The van der Waals surface area contributed by atoms with Crippen molar-refractivity contribution >= 4 is 39.5 Å². The second-order valence-corrected chi connectivity index (χ2v) is 5.93. The van der Waals surface area contributed by atoms with Gasteiger partial charge in [0.2, 0.25) is 5.95 Å². The molecule has 2 rings (SSSR count). The van der Waals surface area contributed by atoms with Crippen molar-refractivity contribution in [3.63, 3.8) is 0 Å². The monoisotopic (exact) mass is 302 g/mol. The van der Waals surface area contributed by atoms with Crippen LogP contribution in [0.5, 0.6) is 0 Å². The molecular formula is C10H15BrN4S. The highest BCUT2D eigenvalue weighted by molar-refractivity contribution is 9.10. The molecule has 1 aromatic heterocycles.